The quantitative estimate of drug-likeness (QED) is 0.333. The average molecular weight is 273 g/mol. The van der Waals surface area contributed by atoms with Gasteiger partial charge in [0.25, 0.3) is 0 Å². The molecule has 0 saturated carbocycles. The number of carbonyl (C=O) groups excluding carboxylic acids is 1. The van der Waals surface area contributed by atoms with E-state index in [0.717, 1.165) is 24.1 Å². The molecule has 0 aromatic rings. The largest absolute Gasteiger partial charge is 0.466 e. The molecule has 5 heteroatoms. The normalized spacial score (nSPS) is 10.8. The Labute approximate surface area is 109 Å². The lowest BCUT2D eigenvalue weighted by Crippen LogP contribution is -2.50. The number of halogens is 2. The molecule has 16 heavy (non-hydrogen) atoms. The van der Waals surface area contributed by atoms with Crippen LogP contribution in [0.15, 0.2) is 0 Å². The Balaban J connectivity index is 0. The Morgan fingerprint density at radius 2 is 1.50 bits per heavy atom. The van der Waals surface area contributed by atoms with Crippen molar-refractivity contribution < 1.29 is 14.0 Å². The standard InChI is InChI=1S/C7H16Cl2N.C4H8O2/c1-4-10(5-2,6-3)7(8)9;1-3-6-4(2)5/h7H,4-6H2,1-3H3;3H2,1-2H3/q+1;. The van der Waals surface area contributed by atoms with Gasteiger partial charge in [-0.25, -0.2) is 0 Å². The Kier molecular flexibility index (Phi) is 11.7. The molecule has 0 N–H and O–H groups in total. The predicted molar refractivity (Wildman–Crippen MR) is 69.7 cm³/mol. The van der Waals surface area contributed by atoms with Crippen LogP contribution in [-0.2, 0) is 9.53 Å². The lowest BCUT2D eigenvalue weighted by molar-refractivity contribution is -0.923. The van der Waals surface area contributed by atoms with Gasteiger partial charge in [-0.05, 0) is 50.9 Å². The summed E-state index contributed by atoms with van der Waals surface area (Å²) in [5.41, 5.74) is 0. The molecule has 0 bridgehead atoms. The third-order valence-corrected chi connectivity index (χ3v) is 3.48. The zero-order chi connectivity index (χ0) is 13.2. The van der Waals surface area contributed by atoms with Crippen LogP contribution >= 0.6 is 23.2 Å². The second-order valence-electron chi connectivity index (χ2n) is 3.37. The van der Waals surface area contributed by atoms with E-state index in [2.05, 4.69) is 25.5 Å². The molecule has 0 aromatic heterocycles. The molecule has 0 heterocycles. The molecule has 98 valence electrons. The predicted octanol–water partition coefficient (Wildman–Crippen LogP) is 3.19. The fraction of sp³-hybridized carbons (Fsp3) is 0.909. The summed E-state index contributed by atoms with van der Waals surface area (Å²) in [5.74, 6) is -0.211. The molecule has 0 aliphatic carbocycles. The van der Waals surface area contributed by atoms with Crippen LogP contribution in [0, 0.1) is 0 Å². The summed E-state index contributed by atoms with van der Waals surface area (Å²) in [6.45, 7) is 13.0. The van der Waals surface area contributed by atoms with E-state index in [1.165, 1.54) is 6.92 Å². The van der Waals surface area contributed by atoms with Gasteiger partial charge in [-0.3, -0.25) is 9.28 Å². The third-order valence-electron chi connectivity index (χ3n) is 2.65. The van der Waals surface area contributed by atoms with E-state index < -0.39 is 0 Å². The summed E-state index contributed by atoms with van der Waals surface area (Å²) in [6, 6.07) is 0. The molecule has 0 amide bonds. The van der Waals surface area contributed by atoms with Crippen LogP contribution in [0.3, 0.4) is 0 Å². The lowest BCUT2D eigenvalue weighted by Gasteiger charge is -2.36. The van der Waals surface area contributed by atoms with Crippen LogP contribution in [-0.4, -0.2) is 41.7 Å². The molecule has 0 aliphatic heterocycles. The van der Waals surface area contributed by atoms with Crippen LogP contribution in [0.25, 0.3) is 0 Å². The number of rotatable bonds is 5. The summed E-state index contributed by atoms with van der Waals surface area (Å²) in [5, 5.41) is 0. The number of alkyl halides is 2. The first-order valence-electron chi connectivity index (χ1n) is 5.67. The minimum Gasteiger partial charge on any atom is -0.466 e. The zero-order valence-corrected chi connectivity index (χ0v) is 12.4. The van der Waals surface area contributed by atoms with Gasteiger partial charge in [0.15, 0.2) is 0 Å². The maximum atomic E-state index is 9.82. The van der Waals surface area contributed by atoms with E-state index in [9.17, 15) is 4.79 Å². The number of nitrogens with zero attached hydrogens (tertiary/aromatic N) is 1. The fourth-order valence-corrected chi connectivity index (χ4v) is 2.12. The first-order valence-corrected chi connectivity index (χ1v) is 6.54. The van der Waals surface area contributed by atoms with Crippen LogP contribution < -0.4 is 0 Å². The second-order valence-corrected chi connectivity index (χ2v) is 4.42. The van der Waals surface area contributed by atoms with Crippen LogP contribution in [0.4, 0.5) is 0 Å². The summed E-state index contributed by atoms with van der Waals surface area (Å²) >= 11 is 11.7. The summed E-state index contributed by atoms with van der Waals surface area (Å²) in [7, 11) is 0. The smallest absolute Gasteiger partial charge is 0.302 e. The zero-order valence-electron chi connectivity index (χ0n) is 10.9. The van der Waals surface area contributed by atoms with Gasteiger partial charge in [-0.15, -0.1) is 0 Å². The van der Waals surface area contributed by atoms with Crippen molar-refractivity contribution in [1.82, 2.24) is 0 Å². The average Bonchev–Trinajstić information content (AvgIpc) is 2.21. The van der Waals surface area contributed by atoms with Crippen molar-refractivity contribution in [2.75, 3.05) is 26.2 Å². The molecule has 0 atom stereocenters. The highest BCUT2D eigenvalue weighted by Crippen LogP contribution is 2.19. The minimum absolute atomic E-state index is 0.211. The Hall–Kier alpha value is 0.01000. The van der Waals surface area contributed by atoms with Gasteiger partial charge < -0.3 is 4.74 Å². The molecule has 3 nitrogen and oxygen atoms in total. The number of hydrogen-bond acceptors (Lipinski definition) is 2. The molecule has 0 aromatic carbocycles. The van der Waals surface area contributed by atoms with Crippen molar-refractivity contribution >= 4 is 29.2 Å². The highest BCUT2D eigenvalue weighted by molar-refractivity contribution is 6.43. The number of quaternary nitrogens is 1. The van der Waals surface area contributed by atoms with Gasteiger partial charge in [0.1, 0.15) is 0 Å². The maximum absolute atomic E-state index is 9.82. The molecule has 0 saturated heterocycles. The van der Waals surface area contributed by atoms with Gasteiger partial charge in [-0.1, -0.05) is 0 Å². The number of carbonyl (C=O) groups is 1. The van der Waals surface area contributed by atoms with E-state index in [1.54, 1.807) is 6.92 Å². The molecule has 0 fully saturated rings. The van der Waals surface area contributed by atoms with Gasteiger partial charge in [-0.2, -0.15) is 0 Å². The molecule has 0 unspecified atom stereocenters. The van der Waals surface area contributed by atoms with Crippen LogP contribution in [0.5, 0.6) is 0 Å². The topological polar surface area (TPSA) is 26.3 Å². The monoisotopic (exact) mass is 272 g/mol. The minimum atomic E-state index is -0.278. The second kappa shape index (κ2) is 10.2. The number of hydrogen-bond donors (Lipinski definition) is 0. The van der Waals surface area contributed by atoms with Crippen molar-refractivity contribution in [3.05, 3.63) is 0 Å². The van der Waals surface area contributed by atoms with Gasteiger partial charge in [0.2, 0.25) is 4.96 Å². The van der Waals surface area contributed by atoms with Crippen molar-refractivity contribution in [3.63, 3.8) is 0 Å². The molecular weight excluding hydrogens is 249 g/mol. The van der Waals surface area contributed by atoms with Crippen LogP contribution in [0.1, 0.15) is 34.6 Å². The van der Waals surface area contributed by atoms with Crippen molar-refractivity contribution in [2.45, 2.75) is 39.6 Å². The van der Waals surface area contributed by atoms with Gasteiger partial charge in [0.05, 0.1) is 26.2 Å². The molecule has 0 aliphatic rings. The van der Waals surface area contributed by atoms with E-state index >= 15 is 0 Å². The van der Waals surface area contributed by atoms with Gasteiger partial charge in [0, 0.05) is 6.92 Å². The van der Waals surface area contributed by atoms with Crippen molar-refractivity contribution in [2.24, 2.45) is 0 Å². The number of ether oxygens (including phenoxy) is 1. The Morgan fingerprint density at radius 3 is 1.50 bits per heavy atom. The Morgan fingerprint density at radius 1 is 1.12 bits per heavy atom. The van der Waals surface area contributed by atoms with Crippen LogP contribution in [0.2, 0.25) is 0 Å². The molecule has 0 spiro atoms. The van der Waals surface area contributed by atoms with E-state index in [0.29, 0.717) is 6.61 Å². The first-order chi connectivity index (χ1) is 7.40. The van der Waals surface area contributed by atoms with E-state index in [4.69, 9.17) is 23.2 Å². The summed E-state index contributed by atoms with van der Waals surface area (Å²) in [4.78, 5) is 9.54. The molecule has 0 radical (unpaired) electrons. The highest BCUT2D eigenvalue weighted by Gasteiger charge is 2.28. The molecular formula is C11H24Cl2NO2+. The van der Waals surface area contributed by atoms with E-state index in [-0.39, 0.29) is 10.9 Å². The van der Waals surface area contributed by atoms with Gasteiger partial charge >= 0.3 is 5.97 Å². The maximum Gasteiger partial charge on any atom is 0.302 e. The molecule has 0 rings (SSSR count). The fourth-order valence-electron chi connectivity index (χ4n) is 1.29. The first kappa shape index (κ1) is 18.4. The summed E-state index contributed by atoms with van der Waals surface area (Å²) < 4.78 is 5.20. The lowest BCUT2D eigenvalue weighted by atomic mass is 10.4. The number of esters is 1. The summed E-state index contributed by atoms with van der Waals surface area (Å²) in [6.07, 6.45) is 0. The van der Waals surface area contributed by atoms with Crippen molar-refractivity contribution in [3.8, 4) is 0 Å². The highest BCUT2D eigenvalue weighted by atomic mass is 35.5. The van der Waals surface area contributed by atoms with E-state index in [1.807, 2.05) is 0 Å². The van der Waals surface area contributed by atoms with Crippen molar-refractivity contribution in [1.29, 1.82) is 0 Å². The Bertz CT molecular complexity index is 175. The SMILES string of the molecule is CCOC(C)=O.CC[N+](CC)(CC)C(Cl)Cl. The third kappa shape index (κ3) is 7.31.